The van der Waals surface area contributed by atoms with Crippen molar-refractivity contribution in [3.63, 3.8) is 0 Å². The summed E-state index contributed by atoms with van der Waals surface area (Å²) in [6, 6.07) is 8.03. The van der Waals surface area contributed by atoms with Crippen LogP contribution in [0, 0.1) is 25.5 Å². The monoisotopic (exact) mass is 304 g/mol. The second-order valence-corrected chi connectivity index (χ2v) is 5.27. The second-order valence-electron chi connectivity index (χ2n) is 4.91. The maximum atomic E-state index is 14.2. The Labute approximate surface area is 125 Å². The van der Waals surface area contributed by atoms with Gasteiger partial charge < -0.3 is 0 Å². The number of benzene rings is 2. The number of aryl methyl sites for hydroxylation is 2. The average Bonchev–Trinajstić information content (AvgIpc) is 2.44. The Balaban J connectivity index is 2.32. The fourth-order valence-electron chi connectivity index (χ4n) is 2.18. The number of hydrogen-bond acceptors (Lipinski definition) is 2. The van der Waals surface area contributed by atoms with E-state index in [1.165, 1.54) is 12.1 Å². The molecule has 1 heterocycles. The van der Waals surface area contributed by atoms with E-state index < -0.39 is 11.6 Å². The van der Waals surface area contributed by atoms with Gasteiger partial charge >= 0.3 is 0 Å². The summed E-state index contributed by atoms with van der Waals surface area (Å²) in [7, 11) is 0. The van der Waals surface area contributed by atoms with Crippen molar-refractivity contribution in [1.82, 2.24) is 9.97 Å². The van der Waals surface area contributed by atoms with Gasteiger partial charge in [-0.25, -0.2) is 18.7 Å². The molecule has 0 aliphatic rings. The molecule has 0 fully saturated rings. The minimum atomic E-state index is -0.708. The van der Waals surface area contributed by atoms with Gasteiger partial charge in [-0.2, -0.15) is 0 Å². The number of hydrogen-bond donors (Lipinski definition) is 0. The van der Waals surface area contributed by atoms with E-state index in [9.17, 15) is 8.78 Å². The first-order chi connectivity index (χ1) is 9.97. The first-order valence-corrected chi connectivity index (χ1v) is 6.74. The molecule has 0 aliphatic carbocycles. The van der Waals surface area contributed by atoms with E-state index in [1.807, 2.05) is 19.1 Å². The van der Waals surface area contributed by atoms with Crippen molar-refractivity contribution < 1.29 is 8.78 Å². The summed E-state index contributed by atoms with van der Waals surface area (Å²) in [5.74, 6) is -1.42. The molecule has 0 radical (unpaired) electrons. The number of nitrogens with zero attached hydrogens (tertiary/aromatic N) is 2. The highest BCUT2D eigenvalue weighted by Crippen LogP contribution is 2.29. The van der Waals surface area contributed by atoms with Crippen molar-refractivity contribution in [2.24, 2.45) is 0 Å². The van der Waals surface area contributed by atoms with Gasteiger partial charge in [-0.05, 0) is 37.6 Å². The molecular formula is C16H11ClF2N2. The zero-order chi connectivity index (χ0) is 15.1. The molecule has 5 heteroatoms. The highest BCUT2D eigenvalue weighted by molar-refractivity contribution is 6.34. The molecule has 0 saturated heterocycles. The molecule has 0 spiro atoms. The summed E-state index contributed by atoms with van der Waals surface area (Å²) in [6.45, 7) is 3.48. The van der Waals surface area contributed by atoms with Crippen molar-refractivity contribution in [1.29, 1.82) is 0 Å². The Morgan fingerprint density at radius 1 is 1.00 bits per heavy atom. The quantitative estimate of drug-likeness (QED) is 0.601. The standard InChI is InChI=1S/C16H11ClF2N2/c1-8-3-6-12-10(7-8)15(17)21-16(20-12)13-11(18)5-4-9(2)14(13)19/h3-7H,1-2H3. The predicted octanol–water partition coefficient (Wildman–Crippen LogP) is 4.85. The lowest BCUT2D eigenvalue weighted by Gasteiger charge is -2.08. The summed E-state index contributed by atoms with van der Waals surface area (Å²) in [5, 5.41) is 0.841. The minimum Gasteiger partial charge on any atom is -0.228 e. The molecule has 2 aromatic carbocycles. The van der Waals surface area contributed by atoms with Crippen molar-refractivity contribution in [3.05, 3.63) is 58.2 Å². The fourth-order valence-corrected chi connectivity index (χ4v) is 2.41. The molecule has 1 aromatic heterocycles. The van der Waals surface area contributed by atoms with Gasteiger partial charge in [0.2, 0.25) is 0 Å². The Morgan fingerprint density at radius 3 is 2.52 bits per heavy atom. The van der Waals surface area contributed by atoms with Crippen LogP contribution in [0.15, 0.2) is 30.3 Å². The van der Waals surface area contributed by atoms with E-state index >= 15 is 0 Å². The summed E-state index contributed by atoms with van der Waals surface area (Å²) < 4.78 is 28.1. The molecule has 0 unspecified atom stereocenters. The van der Waals surface area contributed by atoms with Gasteiger partial charge in [0.05, 0.1) is 11.1 Å². The van der Waals surface area contributed by atoms with E-state index in [0.29, 0.717) is 16.5 Å². The van der Waals surface area contributed by atoms with Gasteiger partial charge in [-0.1, -0.05) is 29.3 Å². The number of aromatic nitrogens is 2. The van der Waals surface area contributed by atoms with Crippen LogP contribution in [0.5, 0.6) is 0 Å². The average molecular weight is 305 g/mol. The van der Waals surface area contributed by atoms with E-state index in [2.05, 4.69) is 9.97 Å². The Bertz CT molecular complexity index is 863. The largest absolute Gasteiger partial charge is 0.228 e. The van der Waals surface area contributed by atoms with Crippen LogP contribution in [0.25, 0.3) is 22.3 Å². The third-order valence-corrected chi connectivity index (χ3v) is 3.60. The Morgan fingerprint density at radius 2 is 1.76 bits per heavy atom. The summed E-state index contributed by atoms with van der Waals surface area (Å²) in [6.07, 6.45) is 0. The highest BCUT2D eigenvalue weighted by Gasteiger charge is 2.18. The normalized spacial score (nSPS) is 11.1. The first kappa shape index (κ1) is 13.9. The van der Waals surface area contributed by atoms with Crippen LogP contribution in [0.3, 0.4) is 0 Å². The van der Waals surface area contributed by atoms with Gasteiger partial charge in [0.25, 0.3) is 0 Å². The van der Waals surface area contributed by atoms with Crippen LogP contribution in [0.4, 0.5) is 8.78 Å². The third-order valence-electron chi connectivity index (χ3n) is 3.31. The lowest BCUT2D eigenvalue weighted by molar-refractivity contribution is 0.582. The molecule has 21 heavy (non-hydrogen) atoms. The molecule has 0 saturated carbocycles. The lowest BCUT2D eigenvalue weighted by Crippen LogP contribution is -1.99. The van der Waals surface area contributed by atoms with Gasteiger partial charge in [0.1, 0.15) is 16.8 Å². The minimum absolute atomic E-state index is 0.0462. The van der Waals surface area contributed by atoms with Crippen LogP contribution in [0.1, 0.15) is 11.1 Å². The zero-order valence-corrected chi connectivity index (χ0v) is 12.2. The van der Waals surface area contributed by atoms with Crippen LogP contribution >= 0.6 is 11.6 Å². The molecular weight excluding hydrogens is 294 g/mol. The third kappa shape index (κ3) is 2.36. The van der Waals surface area contributed by atoms with Crippen molar-refractivity contribution >= 4 is 22.5 Å². The molecule has 0 bridgehead atoms. The second kappa shape index (κ2) is 5.04. The summed E-state index contributed by atoms with van der Waals surface area (Å²) >= 11 is 6.13. The molecule has 0 amide bonds. The van der Waals surface area contributed by atoms with Crippen molar-refractivity contribution in [3.8, 4) is 11.4 Å². The molecule has 106 valence electrons. The van der Waals surface area contributed by atoms with Crippen LogP contribution < -0.4 is 0 Å². The van der Waals surface area contributed by atoms with Crippen LogP contribution in [0.2, 0.25) is 5.15 Å². The molecule has 0 N–H and O–H groups in total. The first-order valence-electron chi connectivity index (χ1n) is 6.36. The van der Waals surface area contributed by atoms with Crippen molar-refractivity contribution in [2.75, 3.05) is 0 Å². The maximum Gasteiger partial charge on any atom is 0.167 e. The highest BCUT2D eigenvalue weighted by atomic mass is 35.5. The molecule has 3 rings (SSSR count). The smallest absolute Gasteiger partial charge is 0.167 e. The maximum absolute atomic E-state index is 14.2. The SMILES string of the molecule is Cc1ccc2nc(-c3c(F)ccc(C)c3F)nc(Cl)c2c1. The van der Waals surface area contributed by atoms with Crippen LogP contribution in [-0.2, 0) is 0 Å². The van der Waals surface area contributed by atoms with E-state index in [-0.39, 0.29) is 16.5 Å². The van der Waals surface area contributed by atoms with E-state index in [4.69, 9.17) is 11.6 Å². The van der Waals surface area contributed by atoms with E-state index in [1.54, 1.807) is 13.0 Å². The number of fused-ring (bicyclic) bond motifs is 1. The Kier molecular flexibility index (Phi) is 3.33. The van der Waals surface area contributed by atoms with E-state index in [0.717, 1.165) is 5.56 Å². The molecule has 0 atom stereocenters. The zero-order valence-electron chi connectivity index (χ0n) is 11.4. The molecule has 2 nitrogen and oxygen atoms in total. The molecule has 3 aromatic rings. The number of rotatable bonds is 1. The topological polar surface area (TPSA) is 25.8 Å². The van der Waals surface area contributed by atoms with Gasteiger partial charge in [0.15, 0.2) is 5.82 Å². The van der Waals surface area contributed by atoms with Gasteiger partial charge in [0, 0.05) is 5.39 Å². The summed E-state index contributed by atoms with van der Waals surface area (Å²) in [4.78, 5) is 8.28. The van der Waals surface area contributed by atoms with Crippen LogP contribution in [-0.4, -0.2) is 9.97 Å². The summed E-state index contributed by atoms with van der Waals surface area (Å²) in [5.41, 5.74) is 1.64. The Hall–Kier alpha value is -2.07. The van der Waals surface area contributed by atoms with Crippen molar-refractivity contribution in [2.45, 2.75) is 13.8 Å². The molecule has 0 aliphatic heterocycles. The van der Waals surface area contributed by atoms with Gasteiger partial charge in [-0.15, -0.1) is 0 Å². The predicted molar refractivity (Wildman–Crippen MR) is 79.4 cm³/mol. The van der Waals surface area contributed by atoms with Gasteiger partial charge in [-0.3, -0.25) is 0 Å². The number of halogens is 3. The lowest BCUT2D eigenvalue weighted by atomic mass is 10.1. The fraction of sp³-hybridized carbons (Fsp3) is 0.125.